The smallest absolute Gasteiger partial charge is 0.377 e. The Bertz CT molecular complexity index is 628. The van der Waals surface area contributed by atoms with Crippen LogP contribution in [0.4, 0.5) is 0 Å². The Kier molecular flexibility index (Phi) is 3.11. The molecule has 1 aromatic carbocycles. The Labute approximate surface area is 115 Å². The highest BCUT2D eigenvalue weighted by Crippen LogP contribution is 2.37. The van der Waals surface area contributed by atoms with Crippen LogP contribution in [-0.2, 0) is 4.74 Å². The highest BCUT2D eigenvalue weighted by Gasteiger charge is 2.27. The fourth-order valence-corrected chi connectivity index (χ4v) is 2.08. The number of ether oxygens (including phenoxy) is 2. The number of hydrogen-bond donors (Lipinski definition) is 0. The standard InChI is InChI=1S/C14H13ClO4/c1-17-14(16)13-12(18-7-8-2-3-8)10-6-9(15)4-5-11(10)19-13/h4-6,8H,2-3,7H2,1H3. The van der Waals surface area contributed by atoms with E-state index < -0.39 is 5.97 Å². The molecule has 0 spiro atoms. The molecule has 1 fully saturated rings. The molecule has 0 saturated heterocycles. The van der Waals surface area contributed by atoms with Gasteiger partial charge in [-0.05, 0) is 37.0 Å². The van der Waals surface area contributed by atoms with Crippen molar-refractivity contribution in [3.8, 4) is 5.75 Å². The van der Waals surface area contributed by atoms with Gasteiger partial charge in [0.05, 0.1) is 19.1 Å². The number of benzene rings is 1. The minimum atomic E-state index is -0.543. The normalized spacial score (nSPS) is 14.6. The van der Waals surface area contributed by atoms with Gasteiger partial charge in [0, 0.05) is 5.02 Å². The number of rotatable bonds is 4. The Hall–Kier alpha value is -1.68. The van der Waals surface area contributed by atoms with E-state index in [0.717, 1.165) is 0 Å². The minimum absolute atomic E-state index is 0.0976. The summed E-state index contributed by atoms with van der Waals surface area (Å²) < 4.78 is 16.0. The lowest BCUT2D eigenvalue weighted by atomic mass is 10.2. The third-order valence-corrected chi connectivity index (χ3v) is 3.37. The summed E-state index contributed by atoms with van der Waals surface area (Å²) in [5.74, 6) is 0.560. The van der Waals surface area contributed by atoms with Crippen molar-refractivity contribution < 1.29 is 18.7 Å². The fraction of sp³-hybridized carbons (Fsp3) is 0.357. The monoisotopic (exact) mass is 280 g/mol. The maximum absolute atomic E-state index is 11.7. The number of hydrogen-bond acceptors (Lipinski definition) is 4. The van der Waals surface area contributed by atoms with Gasteiger partial charge in [-0.2, -0.15) is 0 Å². The zero-order chi connectivity index (χ0) is 13.4. The number of esters is 1. The Morgan fingerprint density at radius 3 is 2.95 bits per heavy atom. The largest absolute Gasteiger partial charge is 0.488 e. The van der Waals surface area contributed by atoms with E-state index in [1.54, 1.807) is 18.2 Å². The van der Waals surface area contributed by atoms with Crippen LogP contribution in [0.3, 0.4) is 0 Å². The molecular weight excluding hydrogens is 268 g/mol. The summed E-state index contributed by atoms with van der Waals surface area (Å²) >= 11 is 5.98. The fourth-order valence-electron chi connectivity index (χ4n) is 1.90. The Morgan fingerprint density at radius 1 is 1.47 bits per heavy atom. The van der Waals surface area contributed by atoms with Gasteiger partial charge in [0.1, 0.15) is 5.58 Å². The summed E-state index contributed by atoms with van der Waals surface area (Å²) in [4.78, 5) is 11.7. The third-order valence-electron chi connectivity index (χ3n) is 3.14. The lowest BCUT2D eigenvalue weighted by Crippen LogP contribution is -2.05. The topological polar surface area (TPSA) is 48.7 Å². The highest BCUT2D eigenvalue weighted by molar-refractivity contribution is 6.31. The summed E-state index contributed by atoms with van der Waals surface area (Å²) in [5.41, 5.74) is 0.565. The van der Waals surface area contributed by atoms with Crippen molar-refractivity contribution in [3.05, 3.63) is 29.0 Å². The number of carbonyl (C=O) groups is 1. The highest BCUT2D eigenvalue weighted by atomic mass is 35.5. The average Bonchev–Trinajstić information content (AvgIpc) is 3.17. The summed E-state index contributed by atoms with van der Waals surface area (Å²) in [6.45, 7) is 0.588. The molecule has 2 aromatic rings. The predicted molar refractivity (Wildman–Crippen MR) is 70.8 cm³/mol. The van der Waals surface area contributed by atoms with Gasteiger partial charge in [-0.15, -0.1) is 0 Å². The first kappa shape index (κ1) is 12.4. The zero-order valence-corrected chi connectivity index (χ0v) is 11.2. The Balaban J connectivity index is 2.05. The average molecular weight is 281 g/mol. The van der Waals surface area contributed by atoms with E-state index in [-0.39, 0.29) is 5.76 Å². The summed E-state index contributed by atoms with van der Waals surface area (Å²) in [5, 5.41) is 1.27. The van der Waals surface area contributed by atoms with E-state index in [1.807, 2.05) is 0 Å². The first-order valence-electron chi connectivity index (χ1n) is 6.12. The molecule has 5 heteroatoms. The number of carbonyl (C=O) groups excluding carboxylic acids is 1. The molecule has 1 heterocycles. The van der Waals surface area contributed by atoms with Gasteiger partial charge in [0.2, 0.25) is 0 Å². The first-order valence-corrected chi connectivity index (χ1v) is 6.50. The number of halogens is 1. The van der Waals surface area contributed by atoms with Crippen LogP contribution in [0.15, 0.2) is 22.6 Å². The van der Waals surface area contributed by atoms with Crippen molar-refractivity contribution in [3.63, 3.8) is 0 Å². The maximum atomic E-state index is 11.7. The van der Waals surface area contributed by atoms with Crippen molar-refractivity contribution >= 4 is 28.5 Å². The van der Waals surface area contributed by atoms with E-state index in [4.69, 9.17) is 25.5 Å². The number of fused-ring (bicyclic) bond motifs is 1. The quantitative estimate of drug-likeness (QED) is 0.802. The lowest BCUT2D eigenvalue weighted by Gasteiger charge is -2.04. The summed E-state index contributed by atoms with van der Waals surface area (Å²) in [6, 6.07) is 5.16. The van der Waals surface area contributed by atoms with Gasteiger partial charge >= 0.3 is 5.97 Å². The van der Waals surface area contributed by atoms with Crippen LogP contribution in [0.25, 0.3) is 11.0 Å². The van der Waals surface area contributed by atoms with Crippen LogP contribution >= 0.6 is 11.6 Å². The first-order chi connectivity index (χ1) is 9.19. The van der Waals surface area contributed by atoms with Gasteiger partial charge in [-0.3, -0.25) is 0 Å². The maximum Gasteiger partial charge on any atom is 0.377 e. The Morgan fingerprint density at radius 2 is 2.26 bits per heavy atom. The predicted octanol–water partition coefficient (Wildman–Crippen LogP) is 3.66. The molecule has 0 radical (unpaired) electrons. The second kappa shape index (κ2) is 4.78. The van der Waals surface area contributed by atoms with Crippen LogP contribution in [0.1, 0.15) is 23.4 Å². The van der Waals surface area contributed by atoms with Gasteiger partial charge in [0.15, 0.2) is 5.75 Å². The zero-order valence-electron chi connectivity index (χ0n) is 10.4. The minimum Gasteiger partial charge on any atom is -0.488 e. The van der Waals surface area contributed by atoms with Crippen LogP contribution in [0, 0.1) is 5.92 Å². The molecule has 100 valence electrons. The van der Waals surface area contributed by atoms with E-state index >= 15 is 0 Å². The van der Waals surface area contributed by atoms with Crippen LogP contribution in [0.2, 0.25) is 5.02 Å². The molecule has 0 aliphatic heterocycles. The molecule has 1 aromatic heterocycles. The van der Waals surface area contributed by atoms with E-state index in [2.05, 4.69) is 0 Å². The molecule has 1 saturated carbocycles. The number of methoxy groups -OCH3 is 1. The van der Waals surface area contributed by atoms with E-state index in [0.29, 0.717) is 34.3 Å². The molecule has 1 aliphatic carbocycles. The van der Waals surface area contributed by atoms with Crippen molar-refractivity contribution in [2.75, 3.05) is 13.7 Å². The van der Waals surface area contributed by atoms with Gasteiger partial charge < -0.3 is 13.9 Å². The van der Waals surface area contributed by atoms with Crippen molar-refractivity contribution in [1.82, 2.24) is 0 Å². The molecular formula is C14H13ClO4. The summed E-state index contributed by atoms with van der Waals surface area (Å²) in [6.07, 6.45) is 2.34. The molecule has 0 amide bonds. The second-order valence-electron chi connectivity index (χ2n) is 4.65. The summed E-state index contributed by atoms with van der Waals surface area (Å²) in [7, 11) is 1.31. The molecule has 0 atom stereocenters. The van der Waals surface area contributed by atoms with Crippen molar-refractivity contribution in [2.24, 2.45) is 5.92 Å². The van der Waals surface area contributed by atoms with Crippen molar-refractivity contribution in [1.29, 1.82) is 0 Å². The van der Waals surface area contributed by atoms with Crippen LogP contribution < -0.4 is 4.74 Å². The molecule has 0 N–H and O–H groups in total. The third kappa shape index (κ3) is 2.40. The van der Waals surface area contributed by atoms with E-state index in [9.17, 15) is 4.79 Å². The molecule has 0 bridgehead atoms. The van der Waals surface area contributed by atoms with Crippen LogP contribution in [-0.4, -0.2) is 19.7 Å². The molecule has 19 heavy (non-hydrogen) atoms. The van der Waals surface area contributed by atoms with E-state index in [1.165, 1.54) is 20.0 Å². The number of furan rings is 1. The molecule has 3 rings (SSSR count). The van der Waals surface area contributed by atoms with Gasteiger partial charge in [0.25, 0.3) is 5.76 Å². The van der Waals surface area contributed by atoms with Gasteiger partial charge in [-0.1, -0.05) is 11.6 Å². The second-order valence-corrected chi connectivity index (χ2v) is 5.08. The van der Waals surface area contributed by atoms with Crippen molar-refractivity contribution in [2.45, 2.75) is 12.8 Å². The molecule has 1 aliphatic rings. The van der Waals surface area contributed by atoms with Crippen LogP contribution in [0.5, 0.6) is 5.75 Å². The van der Waals surface area contributed by atoms with Gasteiger partial charge in [-0.25, -0.2) is 4.79 Å². The molecule has 0 unspecified atom stereocenters. The molecule has 4 nitrogen and oxygen atoms in total. The lowest BCUT2D eigenvalue weighted by molar-refractivity contribution is 0.0561. The SMILES string of the molecule is COC(=O)c1oc2ccc(Cl)cc2c1OCC1CC1.